The van der Waals surface area contributed by atoms with Gasteiger partial charge in [-0.2, -0.15) is 0 Å². The maximum absolute atomic E-state index is 13.7. The molecule has 0 fully saturated rings. The third-order valence-electron chi connectivity index (χ3n) is 6.93. The van der Waals surface area contributed by atoms with Gasteiger partial charge >= 0.3 is 0 Å². The van der Waals surface area contributed by atoms with Gasteiger partial charge in [0, 0.05) is 43.0 Å². The summed E-state index contributed by atoms with van der Waals surface area (Å²) in [4.78, 5) is 45.2. The molecule has 4 aromatic rings. The smallest absolute Gasteiger partial charge is 0.258 e. The molecule has 1 aliphatic heterocycles. The number of carbonyl (C=O) groups excluding carboxylic acids is 3. The van der Waals surface area contributed by atoms with E-state index in [1.165, 1.54) is 11.3 Å². The molecule has 0 saturated heterocycles. The SMILES string of the molecule is CN(C)CCN1CCCN(C(=O)c2ccc(NC(=O)c3ccccc3-c3ccccc3)cc2)c2cc(C=O)sc21. The maximum Gasteiger partial charge on any atom is 0.258 e. The third kappa shape index (κ3) is 5.98. The van der Waals surface area contributed by atoms with Crippen molar-refractivity contribution in [2.45, 2.75) is 6.42 Å². The Kier molecular flexibility index (Phi) is 8.38. The summed E-state index contributed by atoms with van der Waals surface area (Å²) in [5.41, 5.74) is 4.31. The van der Waals surface area contributed by atoms with Gasteiger partial charge in [-0.05, 0) is 68.0 Å². The van der Waals surface area contributed by atoms with Gasteiger partial charge in [-0.15, -0.1) is 11.3 Å². The molecule has 2 amide bonds. The van der Waals surface area contributed by atoms with Crippen LogP contribution in [0.3, 0.4) is 0 Å². The highest BCUT2D eigenvalue weighted by Crippen LogP contribution is 2.40. The molecule has 0 spiro atoms. The average molecular weight is 553 g/mol. The highest BCUT2D eigenvalue weighted by molar-refractivity contribution is 7.18. The lowest BCUT2D eigenvalue weighted by atomic mass is 9.99. The first-order valence-corrected chi connectivity index (χ1v) is 14.1. The molecule has 204 valence electrons. The number of rotatable bonds is 8. The van der Waals surface area contributed by atoms with Gasteiger partial charge < -0.3 is 20.0 Å². The predicted octanol–water partition coefficient (Wildman–Crippen LogP) is 5.90. The van der Waals surface area contributed by atoms with Crippen molar-refractivity contribution < 1.29 is 14.4 Å². The van der Waals surface area contributed by atoms with Crippen LogP contribution in [0.25, 0.3) is 11.1 Å². The Bertz CT molecular complexity index is 1500. The van der Waals surface area contributed by atoms with Gasteiger partial charge in [0.05, 0.1) is 10.6 Å². The molecule has 1 N–H and O–H groups in total. The molecule has 1 aromatic heterocycles. The van der Waals surface area contributed by atoms with Crippen LogP contribution < -0.4 is 15.1 Å². The monoisotopic (exact) mass is 552 g/mol. The fourth-order valence-corrected chi connectivity index (χ4v) is 5.88. The fraction of sp³-hybridized carbons (Fsp3) is 0.219. The summed E-state index contributed by atoms with van der Waals surface area (Å²) >= 11 is 1.43. The van der Waals surface area contributed by atoms with Crippen LogP contribution in [-0.2, 0) is 0 Å². The van der Waals surface area contributed by atoms with Gasteiger partial charge in [0.2, 0.25) is 0 Å². The summed E-state index contributed by atoms with van der Waals surface area (Å²) in [7, 11) is 4.07. The molecule has 0 unspecified atom stereocenters. The second-order valence-electron chi connectivity index (χ2n) is 10.0. The lowest BCUT2D eigenvalue weighted by molar-refractivity contribution is 0.0985. The molecule has 1 aliphatic rings. The number of nitrogens with zero attached hydrogens (tertiary/aromatic N) is 3. The number of nitrogens with one attached hydrogen (secondary N) is 1. The number of aldehydes is 1. The molecule has 40 heavy (non-hydrogen) atoms. The minimum Gasteiger partial charge on any atom is -0.360 e. The van der Waals surface area contributed by atoms with E-state index in [0.717, 1.165) is 54.2 Å². The van der Waals surface area contributed by atoms with E-state index in [9.17, 15) is 14.4 Å². The van der Waals surface area contributed by atoms with Crippen molar-refractivity contribution in [1.29, 1.82) is 0 Å². The van der Waals surface area contributed by atoms with Crippen LogP contribution in [0, 0.1) is 0 Å². The molecule has 0 saturated carbocycles. The molecule has 2 heterocycles. The van der Waals surface area contributed by atoms with Gasteiger partial charge in [0.25, 0.3) is 11.8 Å². The maximum atomic E-state index is 13.7. The first-order chi connectivity index (χ1) is 19.4. The zero-order valence-electron chi connectivity index (χ0n) is 22.7. The normalized spacial score (nSPS) is 13.1. The fourth-order valence-electron chi connectivity index (χ4n) is 4.86. The minimum atomic E-state index is -0.215. The lowest BCUT2D eigenvalue weighted by Gasteiger charge is -2.25. The number of hydrogen-bond donors (Lipinski definition) is 1. The largest absolute Gasteiger partial charge is 0.360 e. The van der Waals surface area contributed by atoms with Gasteiger partial charge in [-0.3, -0.25) is 14.4 Å². The van der Waals surface area contributed by atoms with E-state index >= 15 is 0 Å². The minimum absolute atomic E-state index is 0.127. The van der Waals surface area contributed by atoms with E-state index in [1.54, 1.807) is 29.2 Å². The predicted molar refractivity (Wildman–Crippen MR) is 163 cm³/mol. The Morgan fingerprint density at radius 1 is 0.950 bits per heavy atom. The highest BCUT2D eigenvalue weighted by atomic mass is 32.1. The van der Waals surface area contributed by atoms with E-state index in [4.69, 9.17) is 0 Å². The molecular formula is C32H32N4O3S. The first-order valence-electron chi connectivity index (χ1n) is 13.3. The van der Waals surface area contributed by atoms with Crippen molar-refractivity contribution >= 4 is 45.8 Å². The molecule has 0 aliphatic carbocycles. The number of likely N-dealkylation sites (N-methyl/N-ethyl adjacent to an activating group) is 1. The van der Waals surface area contributed by atoms with Crippen LogP contribution in [0.1, 0.15) is 36.8 Å². The summed E-state index contributed by atoms with van der Waals surface area (Å²) in [5.74, 6) is -0.341. The third-order valence-corrected chi connectivity index (χ3v) is 8.04. The molecule has 8 heteroatoms. The van der Waals surface area contributed by atoms with E-state index in [2.05, 4.69) is 15.1 Å². The van der Waals surface area contributed by atoms with E-state index in [1.807, 2.05) is 74.8 Å². The molecule has 7 nitrogen and oxygen atoms in total. The van der Waals surface area contributed by atoms with Crippen molar-refractivity contribution in [3.05, 3.63) is 101 Å². The summed E-state index contributed by atoms with van der Waals surface area (Å²) in [6.07, 6.45) is 1.67. The summed E-state index contributed by atoms with van der Waals surface area (Å²) < 4.78 is 0. The van der Waals surface area contributed by atoms with Crippen molar-refractivity contribution in [3.8, 4) is 11.1 Å². The number of carbonyl (C=O) groups is 3. The molecule has 0 radical (unpaired) electrons. The Hall–Kier alpha value is -4.27. The number of anilines is 3. The van der Waals surface area contributed by atoms with Crippen LogP contribution in [0.4, 0.5) is 16.4 Å². The molecule has 5 rings (SSSR count). The van der Waals surface area contributed by atoms with E-state index in [0.29, 0.717) is 28.2 Å². The molecule has 3 aromatic carbocycles. The standard InChI is InChI=1S/C32H32N4O3S/c1-34(2)19-20-35-17-8-18-36(29-21-26(22-37)40-32(29)35)31(39)24-13-15-25(16-14-24)33-30(38)28-12-7-6-11-27(28)23-9-4-3-5-10-23/h3-7,9-16,21-22H,8,17-20H2,1-2H3,(H,33,38). The Morgan fingerprint density at radius 2 is 1.68 bits per heavy atom. The molecule has 0 atom stereocenters. The van der Waals surface area contributed by atoms with Crippen LogP contribution in [0.15, 0.2) is 84.9 Å². The quantitative estimate of drug-likeness (QED) is 0.276. The number of fused-ring (bicyclic) bond motifs is 1. The van der Waals surface area contributed by atoms with E-state index in [-0.39, 0.29) is 11.8 Å². The average Bonchev–Trinajstić information content (AvgIpc) is 3.33. The second kappa shape index (κ2) is 12.3. The van der Waals surface area contributed by atoms with Crippen molar-refractivity contribution in [2.24, 2.45) is 0 Å². The number of amides is 2. The summed E-state index contributed by atoms with van der Waals surface area (Å²) in [6, 6.07) is 26.1. The summed E-state index contributed by atoms with van der Waals surface area (Å²) in [5, 5.41) is 3.92. The van der Waals surface area contributed by atoms with Crippen LogP contribution in [0.2, 0.25) is 0 Å². The van der Waals surface area contributed by atoms with E-state index < -0.39 is 0 Å². The first kappa shape index (κ1) is 27.3. The Balaban J connectivity index is 1.34. The van der Waals surface area contributed by atoms with Gasteiger partial charge in [-0.1, -0.05) is 48.5 Å². The molecular weight excluding hydrogens is 520 g/mol. The van der Waals surface area contributed by atoms with Crippen LogP contribution in [0.5, 0.6) is 0 Å². The van der Waals surface area contributed by atoms with Crippen molar-refractivity contribution in [3.63, 3.8) is 0 Å². The zero-order chi connectivity index (χ0) is 28.1. The highest BCUT2D eigenvalue weighted by Gasteiger charge is 2.28. The van der Waals surface area contributed by atoms with Crippen molar-refractivity contribution in [1.82, 2.24) is 4.90 Å². The Morgan fingerprint density at radius 3 is 2.40 bits per heavy atom. The summed E-state index contributed by atoms with van der Waals surface area (Å²) in [6.45, 7) is 3.08. The number of benzene rings is 3. The second-order valence-corrected chi connectivity index (χ2v) is 11.1. The van der Waals surface area contributed by atoms with Gasteiger partial charge in [0.1, 0.15) is 5.00 Å². The van der Waals surface area contributed by atoms with Crippen LogP contribution >= 0.6 is 11.3 Å². The van der Waals surface area contributed by atoms with Gasteiger partial charge in [0.15, 0.2) is 6.29 Å². The zero-order valence-corrected chi connectivity index (χ0v) is 23.5. The topological polar surface area (TPSA) is 73.0 Å². The Labute approximate surface area is 238 Å². The molecule has 0 bridgehead atoms. The van der Waals surface area contributed by atoms with Gasteiger partial charge in [-0.25, -0.2) is 0 Å². The van der Waals surface area contributed by atoms with Crippen LogP contribution in [-0.4, -0.2) is 63.3 Å². The number of hydrogen-bond acceptors (Lipinski definition) is 6. The lowest BCUT2D eigenvalue weighted by Crippen LogP contribution is -2.31. The van der Waals surface area contributed by atoms with Crippen molar-refractivity contribution in [2.75, 3.05) is 55.4 Å². The number of thiophene rings is 1.